The number of aromatic nitrogens is 2. The third kappa shape index (κ3) is 5.76. The zero-order chi connectivity index (χ0) is 25.3. The van der Waals surface area contributed by atoms with Gasteiger partial charge in [0.25, 0.3) is 0 Å². The van der Waals surface area contributed by atoms with Crippen molar-refractivity contribution in [1.29, 1.82) is 0 Å². The summed E-state index contributed by atoms with van der Waals surface area (Å²) >= 11 is 0. The molecule has 0 radical (unpaired) electrons. The first-order chi connectivity index (χ1) is 18.3. The normalized spacial score (nSPS) is 13.1. The summed E-state index contributed by atoms with van der Waals surface area (Å²) in [6, 6.07) is 42.9. The number of benzene rings is 4. The molecule has 182 valence electrons. The largest absolute Gasteiger partial charge is 0.327 e. The van der Waals surface area contributed by atoms with E-state index >= 15 is 0 Å². The Bertz CT molecular complexity index is 1300. The Hall–Kier alpha value is -3.89. The van der Waals surface area contributed by atoms with E-state index in [9.17, 15) is 0 Å². The highest BCUT2D eigenvalue weighted by atomic mass is 28.2. The van der Waals surface area contributed by atoms with E-state index in [-0.39, 0.29) is 14.7 Å². The second-order valence-corrected chi connectivity index (χ2v) is 12.2. The molecule has 0 N–H and O–H groups in total. The summed E-state index contributed by atoms with van der Waals surface area (Å²) < 4.78 is 2.35. The minimum Gasteiger partial charge on any atom is -0.327 e. The van der Waals surface area contributed by atoms with Crippen LogP contribution in [0, 0.1) is 0 Å². The van der Waals surface area contributed by atoms with Gasteiger partial charge in [0.05, 0.1) is 21.0 Å². The molecular formula is C33H33BN2Si. The molecule has 1 saturated carbocycles. The maximum atomic E-state index is 4.35. The van der Waals surface area contributed by atoms with Crippen LogP contribution in [0.1, 0.15) is 35.1 Å². The molecule has 0 saturated heterocycles. The Morgan fingerprint density at radius 3 is 1.57 bits per heavy atom. The first-order valence-corrected chi connectivity index (χ1v) is 14.7. The van der Waals surface area contributed by atoms with E-state index in [1.54, 1.807) is 0 Å². The van der Waals surface area contributed by atoms with Gasteiger partial charge in [-0.2, -0.15) is 0 Å². The smallest absolute Gasteiger partial charge is 0.130 e. The maximum Gasteiger partial charge on any atom is 0.130 e. The Labute approximate surface area is 224 Å². The van der Waals surface area contributed by atoms with Gasteiger partial charge < -0.3 is 4.57 Å². The molecule has 0 amide bonds. The van der Waals surface area contributed by atoms with Gasteiger partial charge in [0.15, 0.2) is 0 Å². The van der Waals surface area contributed by atoms with Crippen LogP contribution >= 0.6 is 0 Å². The lowest BCUT2D eigenvalue weighted by molar-refractivity contribution is 0.590. The van der Waals surface area contributed by atoms with Crippen LogP contribution in [0.5, 0.6) is 0 Å². The number of imidazole rings is 1. The minimum absolute atomic E-state index is 0.0137. The fraction of sp³-hybridized carbons (Fsp3) is 0.121. The topological polar surface area (TPSA) is 17.8 Å². The van der Waals surface area contributed by atoms with Crippen LogP contribution in [-0.2, 0) is 5.16 Å². The van der Waals surface area contributed by atoms with E-state index in [4.69, 9.17) is 0 Å². The quantitative estimate of drug-likeness (QED) is 0.249. The average Bonchev–Trinajstić information content (AvgIpc) is 3.63. The van der Waals surface area contributed by atoms with Gasteiger partial charge in [-0.3, -0.25) is 0 Å². The van der Waals surface area contributed by atoms with Crippen LogP contribution in [-0.4, -0.2) is 26.9 Å². The van der Waals surface area contributed by atoms with Crippen LogP contribution in [0.4, 0.5) is 0 Å². The van der Waals surface area contributed by atoms with Gasteiger partial charge in [-0.1, -0.05) is 134 Å². The molecule has 1 aromatic heterocycles. The summed E-state index contributed by atoms with van der Waals surface area (Å²) in [5, 5.41) is -0.0137. The van der Waals surface area contributed by atoms with E-state index in [1.807, 2.05) is 24.7 Å². The van der Waals surface area contributed by atoms with Crippen molar-refractivity contribution in [2.24, 2.45) is 0 Å². The molecule has 5 aromatic rings. The Morgan fingerprint density at radius 1 is 0.730 bits per heavy atom. The zero-order valence-electron chi connectivity index (χ0n) is 21.4. The summed E-state index contributed by atoms with van der Waals surface area (Å²) in [4.78, 5) is 4.35. The van der Waals surface area contributed by atoms with Gasteiger partial charge in [-0.15, -0.1) is 5.98 Å². The summed E-state index contributed by atoms with van der Waals surface area (Å²) in [5.74, 6) is 2.16. The van der Waals surface area contributed by atoms with Crippen molar-refractivity contribution < 1.29 is 0 Å². The lowest BCUT2D eigenvalue weighted by Crippen LogP contribution is -2.41. The first-order valence-electron chi connectivity index (χ1n) is 13.2. The number of hydrogen-bond donors (Lipinski definition) is 0. The second-order valence-electron chi connectivity index (χ2n) is 9.64. The van der Waals surface area contributed by atoms with E-state index in [0.29, 0.717) is 0 Å². The molecule has 37 heavy (non-hydrogen) atoms. The molecule has 0 atom stereocenters. The molecule has 0 bridgehead atoms. The molecule has 4 aromatic carbocycles. The number of nitrogens with zero attached hydrogens (tertiary/aromatic N) is 2. The molecule has 0 spiro atoms. The molecule has 0 unspecified atom stereocenters. The highest BCUT2D eigenvalue weighted by molar-refractivity contribution is 6.44. The lowest BCUT2D eigenvalue weighted by atomic mass is 9.92. The Kier molecular flexibility index (Phi) is 7.97. The van der Waals surface area contributed by atoms with E-state index in [1.165, 1.54) is 40.7 Å². The number of rotatable bonds is 7. The summed E-state index contributed by atoms with van der Waals surface area (Å²) in [7, 11) is 1.70. The van der Waals surface area contributed by atoms with Crippen LogP contribution in [0.2, 0.25) is 5.54 Å². The summed E-state index contributed by atoms with van der Waals surface area (Å²) in [5.41, 5.74) is 7.58. The van der Waals surface area contributed by atoms with Crippen molar-refractivity contribution in [3.05, 3.63) is 168 Å². The summed E-state index contributed by atoms with van der Waals surface area (Å²) in [6.07, 6.45) is 8.84. The van der Waals surface area contributed by atoms with Gasteiger partial charge in [0.2, 0.25) is 0 Å². The Morgan fingerprint density at radius 2 is 1.19 bits per heavy atom. The fourth-order valence-electron chi connectivity index (χ4n) is 5.19. The van der Waals surface area contributed by atoms with Crippen molar-refractivity contribution in [3.63, 3.8) is 0 Å². The molecule has 1 aliphatic carbocycles. The van der Waals surface area contributed by atoms with Gasteiger partial charge in [-0.05, 0) is 33.4 Å². The fourth-order valence-corrected chi connectivity index (χ4v) is 8.01. The van der Waals surface area contributed by atoms with Gasteiger partial charge in [0, 0.05) is 12.4 Å². The van der Waals surface area contributed by atoms with Crippen molar-refractivity contribution >= 4 is 22.9 Å². The maximum absolute atomic E-state index is 4.35. The van der Waals surface area contributed by atoms with Gasteiger partial charge in [0.1, 0.15) is 7.85 Å². The third-order valence-corrected chi connectivity index (χ3v) is 10.4. The second kappa shape index (κ2) is 11.9. The molecule has 1 aliphatic rings. The SMILES string of the molecule is BC=C(c1ccccc1)c1ccccc1.c1ccc(C([SiH2]C2CC2)(c2ccccc2)n2ccnc2)cc1. The zero-order valence-corrected chi connectivity index (χ0v) is 22.9. The molecule has 6 rings (SSSR count). The highest BCUT2D eigenvalue weighted by Crippen LogP contribution is 2.44. The van der Waals surface area contributed by atoms with Gasteiger partial charge in [-0.25, -0.2) is 4.98 Å². The monoisotopic (exact) mass is 496 g/mol. The van der Waals surface area contributed by atoms with Crippen LogP contribution in [0.25, 0.3) is 5.57 Å². The number of hydrogen-bond acceptors (Lipinski definition) is 1. The molecule has 0 aliphatic heterocycles. The highest BCUT2D eigenvalue weighted by Gasteiger charge is 2.41. The van der Waals surface area contributed by atoms with E-state index in [2.05, 4.69) is 139 Å². The molecule has 2 nitrogen and oxygen atoms in total. The third-order valence-electron chi connectivity index (χ3n) is 7.19. The molecular weight excluding hydrogens is 463 g/mol. The lowest BCUT2D eigenvalue weighted by Gasteiger charge is -2.37. The summed E-state index contributed by atoms with van der Waals surface area (Å²) in [6.45, 7) is 0. The van der Waals surface area contributed by atoms with Gasteiger partial charge >= 0.3 is 0 Å². The van der Waals surface area contributed by atoms with Crippen LogP contribution < -0.4 is 0 Å². The van der Waals surface area contributed by atoms with Crippen LogP contribution in [0.15, 0.2) is 146 Å². The predicted molar refractivity (Wildman–Crippen MR) is 161 cm³/mol. The van der Waals surface area contributed by atoms with E-state index < -0.39 is 0 Å². The standard InChI is InChI=1S/C19H20N2Si.C14H13B/c1-3-7-16(8-4-1)19(22-18-11-12-18,21-14-13-20-15-21)17-9-5-2-6-10-17;15-11-14(12-7-3-1-4-8-12)13-9-5-2-6-10-13/h1-10,13-15,18H,11-12,22H2;1-11H,15H2. The Balaban J connectivity index is 0.000000164. The van der Waals surface area contributed by atoms with Crippen molar-refractivity contribution in [2.45, 2.75) is 23.5 Å². The van der Waals surface area contributed by atoms with Crippen LogP contribution in [0.3, 0.4) is 0 Å². The van der Waals surface area contributed by atoms with E-state index in [0.717, 1.165) is 5.54 Å². The molecule has 1 heterocycles. The van der Waals surface area contributed by atoms with Crippen molar-refractivity contribution in [3.8, 4) is 0 Å². The minimum atomic E-state index is -0.378. The molecule has 1 fully saturated rings. The van der Waals surface area contributed by atoms with Crippen molar-refractivity contribution in [2.75, 3.05) is 0 Å². The first kappa shape index (κ1) is 24.8. The van der Waals surface area contributed by atoms with Crippen molar-refractivity contribution in [1.82, 2.24) is 9.55 Å². The molecule has 4 heteroatoms. The predicted octanol–water partition coefficient (Wildman–Crippen LogP) is 6.09. The average molecular weight is 497 g/mol.